The van der Waals surface area contributed by atoms with Crippen molar-refractivity contribution in [1.29, 1.82) is 0 Å². The lowest BCUT2D eigenvalue weighted by atomic mass is 10.1. The van der Waals surface area contributed by atoms with Gasteiger partial charge in [0.15, 0.2) is 17.2 Å². The summed E-state index contributed by atoms with van der Waals surface area (Å²) in [4.78, 5) is 27.6. The quantitative estimate of drug-likeness (QED) is 0.657. The molecule has 0 fully saturated rings. The highest BCUT2D eigenvalue weighted by atomic mass is 32.1. The Balaban J connectivity index is 1.93. The van der Waals surface area contributed by atoms with E-state index >= 15 is 0 Å². The van der Waals surface area contributed by atoms with Crippen molar-refractivity contribution in [2.24, 2.45) is 0 Å². The van der Waals surface area contributed by atoms with Crippen molar-refractivity contribution in [2.75, 3.05) is 13.7 Å². The molecule has 0 aliphatic rings. The van der Waals surface area contributed by atoms with E-state index < -0.39 is 17.5 Å². The third-order valence-electron chi connectivity index (χ3n) is 3.73. The van der Waals surface area contributed by atoms with Gasteiger partial charge in [-0.15, -0.1) is 11.3 Å². The van der Waals surface area contributed by atoms with Crippen LogP contribution in [0.25, 0.3) is 22.0 Å². The largest absolute Gasteiger partial charge is 0.479 e. The molecule has 0 aliphatic heterocycles. The molecular formula is C20H21NO5S. The number of hydrogen-bond acceptors (Lipinski definition) is 6. The van der Waals surface area contributed by atoms with E-state index in [0.29, 0.717) is 10.6 Å². The van der Waals surface area contributed by atoms with Crippen LogP contribution in [0.1, 0.15) is 30.4 Å². The number of esters is 2. The second-order valence-corrected chi connectivity index (χ2v) is 7.83. The Hall–Kier alpha value is -2.80. The third kappa shape index (κ3) is 4.31. The second-order valence-electron chi connectivity index (χ2n) is 6.95. The summed E-state index contributed by atoms with van der Waals surface area (Å²) in [5.41, 5.74) is 2.01. The molecule has 1 N–H and O–H groups in total. The summed E-state index contributed by atoms with van der Waals surface area (Å²) in [5.74, 6) is -0.683. The molecule has 2 heterocycles. The SMILES string of the molecule is COC(=O)c1scc(-c2ccc3[nH]ccc3c2)c1OCC(=O)OC(C)(C)C. The summed E-state index contributed by atoms with van der Waals surface area (Å²) >= 11 is 1.22. The molecule has 7 heteroatoms. The zero-order chi connectivity index (χ0) is 19.6. The van der Waals surface area contributed by atoms with Gasteiger partial charge in [-0.3, -0.25) is 0 Å². The normalized spacial score (nSPS) is 11.4. The molecule has 0 aliphatic carbocycles. The number of aromatic nitrogens is 1. The predicted octanol–water partition coefficient (Wildman–Crippen LogP) is 4.40. The van der Waals surface area contributed by atoms with Crippen LogP contribution in [0.15, 0.2) is 35.8 Å². The molecule has 0 bridgehead atoms. The average Bonchev–Trinajstić information content (AvgIpc) is 3.23. The van der Waals surface area contributed by atoms with Gasteiger partial charge < -0.3 is 19.2 Å². The Morgan fingerprint density at radius 2 is 1.96 bits per heavy atom. The zero-order valence-corrected chi connectivity index (χ0v) is 16.4. The van der Waals surface area contributed by atoms with Crippen molar-refractivity contribution in [2.45, 2.75) is 26.4 Å². The number of fused-ring (bicyclic) bond motifs is 1. The standard InChI is InChI=1S/C20H21NO5S/c1-20(2,3)26-16(22)10-25-17-14(11-27-18(17)19(23)24-4)12-5-6-15-13(9-12)7-8-21-15/h5-9,11,21H,10H2,1-4H3. The van der Waals surface area contributed by atoms with E-state index in [4.69, 9.17) is 14.2 Å². The highest BCUT2D eigenvalue weighted by molar-refractivity contribution is 7.12. The van der Waals surface area contributed by atoms with Crippen molar-refractivity contribution < 1.29 is 23.8 Å². The summed E-state index contributed by atoms with van der Waals surface area (Å²) < 4.78 is 15.8. The lowest BCUT2D eigenvalue weighted by Crippen LogP contribution is -2.27. The number of benzene rings is 1. The van der Waals surface area contributed by atoms with Crippen molar-refractivity contribution in [1.82, 2.24) is 4.98 Å². The fourth-order valence-electron chi connectivity index (χ4n) is 2.65. The molecule has 0 atom stereocenters. The minimum Gasteiger partial charge on any atom is -0.479 e. The molecular weight excluding hydrogens is 366 g/mol. The number of carbonyl (C=O) groups is 2. The van der Waals surface area contributed by atoms with Gasteiger partial charge in [0.25, 0.3) is 0 Å². The number of aromatic amines is 1. The van der Waals surface area contributed by atoms with Crippen LogP contribution in [0, 0.1) is 0 Å². The Morgan fingerprint density at radius 3 is 2.67 bits per heavy atom. The Morgan fingerprint density at radius 1 is 1.19 bits per heavy atom. The van der Waals surface area contributed by atoms with Crippen LogP contribution < -0.4 is 4.74 Å². The van der Waals surface area contributed by atoms with Crippen molar-refractivity contribution >= 4 is 34.2 Å². The molecule has 6 nitrogen and oxygen atoms in total. The highest BCUT2D eigenvalue weighted by Gasteiger charge is 2.24. The van der Waals surface area contributed by atoms with E-state index in [1.165, 1.54) is 18.4 Å². The van der Waals surface area contributed by atoms with Gasteiger partial charge in [0, 0.05) is 22.7 Å². The van der Waals surface area contributed by atoms with Crippen LogP contribution in [-0.2, 0) is 14.3 Å². The maximum atomic E-state index is 12.1. The molecule has 3 rings (SSSR count). The van der Waals surface area contributed by atoms with E-state index in [1.54, 1.807) is 20.8 Å². The fraction of sp³-hybridized carbons (Fsp3) is 0.300. The van der Waals surface area contributed by atoms with E-state index in [-0.39, 0.29) is 6.61 Å². The number of nitrogens with one attached hydrogen (secondary N) is 1. The first kappa shape index (κ1) is 19.0. The van der Waals surface area contributed by atoms with Gasteiger partial charge in [-0.25, -0.2) is 9.59 Å². The van der Waals surface area contributed by atoms with Gasteiger partial charge in [0.2, 0.25) is 0 Å². The van der Waals surface area contributed by atoms with Crippen LogP contribution in [0.3, 0.4) is 0 Å². The van der Waals surface area contributed by atoms with Gasteiger partial charge in [0.1, 0.15) is 5.60 Å². The molecule has 2 aromatic heterocycles. The first-order chi connectivity index (χ1) is 12.8. The summed E-state index contributed by atoms with van der Waals surface area (Å²) in [5, 5.41) is 2.86. The molecule has 0 spiro atoms. The zero-order valence-electron chi connectivity index (χ0n) is 15.6. The first-order valence-corrected chi connectivity index (χ1v) is 9.28. The Labute approximate surface area is 161 Å². The van der Waals surface area contributed by atoms with Crippen molar-refractivity contribution in [3.8, 4) is 16.9 Å². The molecule has 0 saturated heterocycles. The summed E-state index contributed by atoms with van der Waals surface area (Å²) in [6.45, 7) is 5.06. The maximum Gasteiger partial charge on any atom is 0.351 e. The minimum absolute atomic E-state index is 0.294. The lowest BCUT2D eigenvalue weighted by Gasteiger charge is -2.19. The lowest BCUT2D eigenvalue weighted by molar-refractivity contribution is -0.157. The van der Waals surface area contributed by atoms with Gasteiger partial charge in [-0.1, -0.05) is 6.07 Å². The van der Waals surface area contributed by atoms with Crippen LogP contribution >= 0.6 is 11.3 Å². The molecule has 0 saturated carbocycles. The van der Waals surface area contributed by atoms with E-state index in [9.17, 15) is 9.59 Å². The number of rotatable bonds is 5. The van der Waals surface area contributed by atoms with Gasteiger partial charge in [-0.05, 0) is 49.9 Å². The van der Waals surface area contributed by atoms with Crippen LogP contribution in [0.4, 0.5) is 0 Å². The topological polar surface area (TPSA) is 77.6 Å². The van der Waals surface area contributed by atoms with Crippen LogP contribution in [0.2, 0.25) is 0 Å². The monoisotopic (exact) mass is 387 g/mol. The number of thiophene rings is 1. The molecule has 27 heavy (non-hydrogen) atoms. The van der Waals surface area contributed by atoms with Crippen molar-refractivity contribution in [3.05, 3.63) is 40.7 Å². The molecule has 1 aromatic carbocycles. The van der Waals surface area contributed by atoms with E-state index in [1.807, 2.05) is 35.8 Å². The highest BCUT2D eigenvalue weighted by Crippen LogP contribution is 2.39. The molecule has 3 aromatic rings. The number of H-pyrrole nitrogens is 1. The van der Waals surface area contributed by atoms with Crippen molar-refractivity contribution in [3.63, 3.8) is 0 Å². The number of ether oxygens (including phenoxy) is 3. The van der Waals surface area contributed by atoms with Gasteiger partial charge in [0.05, 0.1) is 7.11 Å². The fourth-order valence-corrected chi connectivity index (χ4v) is 3.58. The van der Waals surface area contributed by atoms with Crippen LogP contribution in [0.5, 0.6) is 5.75 Å². The Kier molecular flexibility index (Phi) is 5.23. The van der Waals surface area contributed by atoms with Gasteiger partial charge in [-0.2, -0.15) is 0 Å². The summed E-state index contributed by atoms with van der Waals surface area (Å²) in [7, 11) is 1.31. The maximum absolute atomic E-state index is 12.1. The van der Waals surface area contributed by atoms with Crippen LogP contribution in [-0.4, -0.2) is 36.2 Å². The van der Waals surface area contributed by atoms with E-state index in [0.717, 1.165) is 22.0 Å². The average molecular weight is 387 g/mol. The summed E-state index contributed by atoms with van der Waals surface area (Å²) in [6, 6.07) is 7.85. The number of methoxy groups -OCH3 is 1. The third-order valence-corrected chi connectivity index (χ3v) is 4.68. The second kappa shape index (κ2) is 7.44. The minimum atomic E-state index is -0.609. The molecule has 0 unspecified atom stereocenters. The molecule has 0 amide bonds. The summed E-state index contributed by atoms with van der Waals surface area (Å²) in [6.07, 6.45) is 1.86. The number of carbonyl (C=O) groups excluding carboxylic acids is 2. The smallest absolute Gasteiger partial charge is 0.351 e. The van der Waals surface area contributed by atoms with E-state index in [2.05, 4.69) is 4.98 Å². The Bertz CT molecular complexity index is 980. The predicted molar refractivity (Wildman–Crippen MR) is 104 cm³/mol. The first-order valence-electron chi connectivity index (χ1n) is 8.40. The van der Waals surface area contributed by atoms with Gasteiger partial charge >= 0.3 is 11.9 Å². The molecule has 0 radical (unpaired) electrons. The number of hydrogen-bond donors (Lipinski definition) is 1. The molecule has 142 valence electrons.